The van der Waals surface area contributed by atoms with Gasteiger partial charge in [-0.15, -0.1) is 0 Å². The smallest absolute Gasteiger partial charge is 0.269 e. The summed E-state index contributed by atoms with van der Waals surface area (Å²) in [7, 11) is -3.20. The molecule has 0 radical (unpaired) electrons. The van der Waals surface area contributed by atoms with Crippen LogP contribution in [-0.2, 0) is 21.1 Å². The van der Waals surface area contributed by atoms with E-state index in [1.807, 2.05) is 57.2 Å². The molecule has 28 heavy (non-hydrogen) atoms. The van der Waals surface area contributed by atoms with Crippen molar-refractivity contribution in [1.82, 2.24) is 15.1 Å². The lowest BCUT2D eigenvalue weighted by atomic mass is 10.1. The second-order valence-corrected chi connectivity index (χ2v) is 10.7. The monoisotopic (exact) mass is 403 g/mol. The number of sulfone groups is 1. The lowest BCUT2D eigenvalue weighted by Gasteiger charge is -2.22. The van der Waals surface area contributed by atoms with Crippen LogP contribution in [0.5, 0.6) is 0 Å². The molecule has 2 aromatic rings. The van der Waals surface area contributed by atoms with E-state index in [1.54, 1.807) is 4.68 Å². The van der Waals surface area contributed by atoms with Crippen LogP contribution in [0.2, 0.25) is 0 Å². The van der Waals surface area contributed by atoms with Gasteiger partial charge in [-0.2, -0.15) is 5.10 Å². The SMILES string of the molecule is CC(C)(C)n1nc(C2CC2)cc1C(=O)NCCCS(=O)(=O)Cc1ccccc1. The number of amides is 1. The zero-order valence-electron chi connectivity index (χ0n) is 16.8. The Balaban J connectivity index is 1.54. The third-order valence-electron chi connectivity index (χ3n) is 4.74. The number of nitrogens with zero attached hydrogens (tertiary/aromatic N) is 2. The van der Waals surface area contributed by atoms with Crippen molar-refractivity contribution in [3.8, 4) is 0 Å². The molecule has 1 amide bonds. The Morgan fingerprint density at radius 3 is 2.50 bits per heavy atom. The average molecular weight is 404 g/mol. The van der Waals surface area contributed by atoms with Gasteiger partial charge in [0.2, 0.25) is 0 Å². The van der Waals surface area contributed by atoms with Crippen molar-refractivity contribution < 1.29 is 13.2 Å². The van der Waals surface area contributed by atoms with Crippen LogP contribution in [0.15, 0.2) is 36.4 Å². The van der Waals surface area contributed by atoms with E-state index in [1.165, 1.54) is 0 Å². The van der Waals surface area contributed by atoms with Gasteiger partial charge in [0, 0.05) is 12.5 Å². The van der Waals surface area contributed by atoms with Gasteiger partial charge in [-0.3, -0.25) is 9.48 Å². The molecule has 152 valence electrons. The van der Waals surface area contributed by atoms with Crippen LogP contribution in [-0.4, -0.2) is 36.4 Å². The van der Waals surface area contributed by atoms with Crippen molar-refractivity contribution in [1.29, 1.82) is 0 Å². The Bertz CT molecular complexity index is 924. The summed E-state index contributed by atoms with van der Waals surface area (Å²) in [6.07, 6.45) is 2.64. The molecule has 7 heteroatoms. The van der Waals surface area contributed by atoms with Gasteiger partial charge in [0.05, 0.1) is 22.7 Å². The summed E-state index contributed by atoms with van der Waals surface area (Å²) in [5.41, 5.74) is 2.01. The minimum Gasteiger partial charge on any atom is -0.351 e. The molecule has 0 bridgehead atoms. The lowest BCUT2D eigenvalue weighted by Crippen LogP contribution is -2.33. The zero-order chi connectivity index (χ0) is 20.4. The predicted molar refractivity (Wildman–Crippen MR) is 110 cm³/mol. The number of benzene rings is 1. The molecular formula is C21H29N3O3S. The second-order valence-electron chi connectivity index (χ2n) is 8.50. The fourth-order valence-corrected chi connectivity index (χ4v) is 4.56. The number of hydrogen-bond donors (Lipinski definition) is 1. The molecule has 1 aliphatic carbocycles. The van der Waals surface area contributed by atoms with Crippen molar-refractivity contribution in [3.05, 3.63) is 53.3 Å². The summed E-state index contributed by atoms with van der Waals surface area (Å²) < 4.78 is 26.3. The first kappa shape index (κ1) is 20.6. The molecule has 1 aliphatic rings. The van der Waals surface area contributed by atoms with E-state index in [0.717, 1.165) is 24.1 Å². The maximum absolute atomic E-state index is 12.7. The number of aromatic nitrogens is 2. The molecular weight excluding hydrogens is 374 g/mol. The van der Waals surface area contributed by atoms with Gasteiger partial charge in [0.15, 0.2) is 9.84 Å². The fraction of sp³-hybridized carbons (Fsp3) is 0.524. The van der Waals surface area contributed by atoms with Crippen molar-refractivity contribution in [2.75, 3.05) is 12.3 Å². The second kappa shape index (κ2) is 8.07. The molecule has 1 fully saturated rings. The predicted octanol–water partition coefficient (Wildman–Crippen LogP) is 3.25. The number of nitrogens with one attached hydrogen (secondary N) is 1. The highest BCUT2D eigenvalue weighted by molar-refractivity contribution is 7.90. The maximum Gasteiger partial charge on any atom is 0.269 e. The van der Waals surface area contributed by atoms with E-state index in [2.05, 4.69) is 10.4 Å². The van der Waals surface area contributed by atoms with E-state index in [-0.39, 0.29) is 23.0 Å². The minimum atomic E-state index is -3.20. The van der Waals surface area contributed by atoms with Gasteiger partial charge in [-0.05, 0) is 51.7 Å². The van der Waals surface area contributed by atoms with Crippen LogP contribution in [0.25, 0.3) is 0 Å². The topological polar surface area (TPSA) is 81.1 Å². The van der Waals surface area contributed by atoms with Crippen LogP contribution < -0.4 is 5.32 Å². The van der Waals surface area contributed by atoms with Crippen LogP contribution in [0.4, 0.5) is 0 Å². The first-order valence-electron chi connectivity index (χ1n) is 9.79. The Morgan fingerprint density at radius 2 is 1.89 bits per heavy atom. The Hall–Kier alpha value is -2.15. The van der Waals surface area contributed by atoms with Crippen molar-refractivity contribution in [2.45, 2.75) is 57.2 Å². The van der Waals surface area contributed by atoms with Crippen LogP contribution >= 0.6 is 0 Å². The number of rotatable bonds is 8. The number of hydrogen-bond acceptors (Lipinski definition) is 4. The van der Waals surface area contributed by atoms with E-state index in [9.17, 15) is 13.2 Å². The highest BCUT2D eigenvalue weighted by atomic mass is 32.2. The summed E-state index contributed by atoms with van der Waals surface area (Å²) in [4.78, 5) is 12.7. The molecule has 0 aliphatic heterocycles. The molecule has 0 atom stereocenters. The number of carbonyl (C=O) groups excluding carboxylic acids is 1. The Morgan fingerprint density at radius 1 is 1.21 bits per heavy atom. The average Bonchev–Trinajstić information content (AvgIpc) is 3.36. The molecule has 1 heterocycles. The molecule has 1 saturated carbocycles. The van der Waals surface area contributed by atoms with Crippen LogP contribution in [0.1, 0.15) is 67.7 Å². The van der Waals surface area contributed by atoms with Gasteiger partial charge in [-0.1, -0.05) is 30.3 Å². The highest BCUT2D eigenvalue weighted by Gasteiger charge is 2.31. The molecule has 1 aromatic heterocycles. The van der Waals surface area contributed by atoms with E-state index in [4.69, 9.17) is 0 Å². The number of carbonyl (C=O) groups is 1. The molecule has 0 saturated heterocycles. The molecule has 1 aromatic carbocycles. The summed E-state index contributed by atoms with van der Waals surface area (Å²) >= 11 is 0. The highest BCUT2D eigenvalue weighted by Crippen LogP contribution is 2.40. The Labute approximate surface area is 167 Å². The first-order valence-corrected chi connectivity index (χ1v) is 11.6. The summed E-state index contributed by atoms with van der Waals surface area (Å²) in [5, 5.41) is 7.50. The molecule has 1 N–H and O–H groups in total. The minimum absolute atomic E-state index is 0.0311. The van der Waals surface area contributed by atoms with Crippen molar-refractivity contribution >= 4 is 15.7 Å². The van der Waals surface area contributed by atoms with E-state index >= 15 is 0 Å². The van der Waals surface area contributed by atoms with Crippen LogP contribution in [0.3, 0.4) is 0 Å². The summed E-state index contributed by atoms with van der Waals surface area (Å²) in [6.45, 7) is 6.37. The molecule has 0 unspecified atom stereocenters. The molecule has 0 spiro atoms. The van der Waals surface area contributed by atoms with Gasteiger partial charge in [-0.25, -0.2) is 8.42 Å². The Kier molecular flexibility index (Phi) is 5.93. The largest absolute Gasteiger partial charge is 0.351 e. The van der Waals surface area contributed by atoms with Gasteiger partial charge >= 0.3 is 0 Å². The van der Waals surface area contributed by atoms with Gasteiger partial charge in [0.25, 0.3) is 5.91 Å². The lowest BCUT2D eigenvalue weighted by molar-refractivity contribution is 0.0935. The zero-order valence-corrected chi connectivity index (χ0v) is 17.6. The van der Waals surface area contributed by atoms with E-state index in [0.29, 0.717) is 24.6 Å². The maximum atomic E-state index is 12.7. The van der Waals surface area contributed by atoms with Crippen molar-refractivity contribution in [3.63, 3.8) is 0 Å². The van der Waals surface area contributed by atoms with Crippen LogP contribution in [0, 0.1) is 0 Å². The van der Waals surface area contributed by atoms with Crippen molar-refractivity contribution in [2.24, 2.45) is 0 Å². The molecule has 6 nitrogen and oxygen atoms in total. The summed E-state index contributed by atoms with van der Waals surface area (Å²) in [6, 6.07) is 11.0. The standard InChI is InChI=1S/C21H29N3O3S/c1-21(2,3)24-19(14-18(23-24)17-10-11-17)20(25)22-12-7-13-28(26,27)15-16-8-5-4-6-9-16/h4-6,8-9,14,17H,7,10-13,15H2,1-3H3,(H,22,25). The third kappa shape index (κ3) is 5.44. The van der Waals surface area contributed by atoms with E-state index < -0.39 is 9.84 Å². The van der Waals surface area contributed by atoms with Gasteiger partial charge < -0.3 is 5.32 Å². The quantitative estimate of drug-likeness (QED) is 0.686. The normalized spacial score (nSPS) is 14.8. The third-order valence-corrected chi connectivity index (χ3v) is 6.42. The van der Waals surface area contributed by atoms with Gasteiger partial charge in [0.1, 0.15) is 5.69 Å². The molecule has 3 rings (SSSR count). The summed E-state index contributed by atoms with van der Waals surface area (Å²) in [5.74, 6) is 0.352. The first-order chi connectivity index (χ1) is 13.2. The fourth-order valence-electron chi connectivity index (χ4n) is 3.14.